The summed E-state index contributed by atoms with van der Waals surface area (Å²) in [5, 5.41) is 3.18. The van der Waals surface area contributed by atoms with E-state index in [2.05, 4.69) is 17.2 Å². The molecule has 0 saturated carbocycles. The Morgan fingerprint density at radius 2 is 2.29 bits per heavy atom. The van der Waals surface area contributed by atoms with Crippen LogP contribution in [0.1, 0.15) is 24.7 Å². The fourth-order valence-corrected chi connectivity index (χ4v) is 1.61. The standard InChI is InChI=1S/C12H21N3O2/c1-5-6-13-11(12(16)17-4)7-15-8-14-9(2)10(15)3/h8,11,13H,5-7H2,1-4H3. The zero-order valence-corrected chi connectivity index (χ0v) is 11.0. The molecule has 1 rings (SSSR count). The van der Waals surface area contributed by atoms with Crippen molar-refractivity contribution >= 4 is 5.97 Å². The van der Waals surface area contributed by atoms with Crippen LogP contribution in [-0.4, -0.2) is 35.2 Å². The van der Waals surface area contributed by atoms with Crippen LogP contribution in [0.5, 0.6) is 0 Å². The molecule has 0 aliphatic rings. The van der Waals surface area contributed by atoms with Crippen molar-refractivity contribution in [1.82, 2.24) is 14.9 Å². The van der Waals surface area contributed by atoms with Crippen LogP contribution in [0.2, 0.25) is 0 Å². The van der Waals surface area contributed by atoms with Crippen molar-refractivity contribution in [2.75, 3.05) is 13.7 Å². The average molecular weight is 239 g/mol. The molecule has 0 radical (unpaired) electrons. The van der Waals surface area contributed by atoms with E-state index in [1.807, 2.05) is 18.4 Å². The zero-order valence-electron chi connectivity index (χ0n) is 11.0. The summed E-state index contributed by atoms with van der Waals surface area (Å²) in [4.78, 5) is 15.8. The van der Waals surface area contributed by atoms with Gasteiger partial charge in [0.25, 0.3) is 0 Å². The van der Waals surface area contributed by atoms with Crippen LogP contribution < -0.4 is 5.32 Å². The van der Waals surface area contributed by atoms with Crippen molar-refractivity contribution in [2.45, 2.75) is 39.8 Å². The summed E-state index contributed by atoms with van der Waals surface area (Å²) in [5.41, 5.74) is 2.07. The van der Waals surface area contributed by atoms with Gasteiger partial charge >= 0.3 is 5.97 Å². The van der Waals surface area contributed by atoms with Crippen molar-refractivity contribution in [1.29, 1.82) is 0 Å². The second-order valence-corrected chi connectivity index (χ2v) is 4.10. The average Bonchev–Trinajstić information content (AvgIpc) is 2.65. The third-order valence-corrected chi connectivity index (χ3v) is 2.85. The molecule has 0 saturated heterocycles. The summed E-state index contributed by atoms with van der Waals surface area (Å²) in [6.45, 7) is 7.37. The molecule has 0 aliphatic heterocycles. The van der Waals surface area contributed by atoms with Crippen LogP contribution in [0, 0.1) is 13.8 Å². The molecule has 1 heterocycles. The summed E-state index contributed by atoms with van der Waals surface area (Å²) in [6.07, 6.45) is 2.74. The Morgan fingerprint density at radius 3 is 2.76 bits per heavy atom. The van der Waals surface area contributed by atoms with E-state index in [4.69, 9.17) is 4.74 Å². The van der Waals surface area contributed by atoms with Gasteiger partial charge in [-0.1, -0.05) is 6.92 Å². The highest BCUT2D eigenvalue weighted by Crippen LogP contribution is 2.06. The zero-order chi connectivity index (χ0) is 12.8. The molecule has 5 nitrogen and oxygen atoms in total. The minimum Gasteiger partial charge on any atom is -0.468 e. The second kappa shape index (κ2) is 6.39. The van der Waals surface area contributed by atoms with E-state index in [0.29, 0.717) is 6.54 Å². The van der Waals surface area contributed by atoms with E-state index in [1.165, 1.54) is 7.11 Å². The summed E-state index contributed by atoms with van der Waals surface area (Å²) < 4.78 is 6.76. The van der Waals surface area contributed by atoms with Gasteiger partial charge in [-0.2, -0.15) is 0 Å². The maximum atomic E-state index is 11.6. The van der Waals surface area contributed by atoms with E-state index in [-0.39, 0.29) is 12.0 Å². The first-order valence-corrected chi connectivity index (χ1v) is 5.89. The van der Waals surface area contributed by atoms with Gasteiger partial charge in [-0.3, -0.25) is 4.79 Å². The molecule has 96 valence electrons. The number of carbonyl (C=O) groups excluding carboxylic acids is 1. The van der Waals surface area contributed by atoms with Gasteiger partial charge in [-0.05, 0) is 26.8 Å². The van der Waals surface area contributed by atoms with Gasteiger partial charge in [-0.15, -0.1) is 0 Å². The molecule has 1 aromatic rings. The first-order chi connectivity index (χ1) is 8.10. The van der Waals surface area contributed by atoms with Crippen LogP contribution in [0.4, 0.5) is 0 Å². The predicted molar refractivity (Wildman–Crippen MR) is 65.8 cm³/mol. The normalized spacial score (nSPS) is 12.5. The van der Waals surface area contributed by atoms with Gasteiger partial charge in [0.05, 0.1) is 19.1 Å². The number of nitrogens with zero attached hydrogens (tertiary/aromatic N) is 2. The maximum Gasteiger partial charge on any atom is 0.324 e. The summed E-state index contributed by atoms with van der Waals surface area (Å²) in [7, 11) is 1.41. The molecular formula is C12H21N3O2. The SMILES string of the molecule is CCCNC(Cn1cnc(C)c1C)C(=O)OC. The third kappa shape index (κ3) is 3.56. The number of nitrogens with one attached hydrogen (secondary N) is 1. The Kier molecular flexibility index (Phi) is 5.15. The Morgan fingerprint density at radius 1 is 1.59 bits per heavy atom. The maximum absolute atomic E-state index is 11.6. The Hall–Kier alpha value is -1.36. The topological polar surface area (TPSA) is 56.2 Å². The highest BCUT2D eigenvalue weighted by atomic mass is 16.5. The Balaban J connectivity index is 2.71. The van der Waals surface area contributed by atoms with E-state index >= 15 is 0 Å². The molecule has 1 aromatic heterocycles. The molecule has 17 heavy (non-hydrogen) atoms. The van der Waals surface area contributed by atoms with Crippen LogP contribution in [0.15, 0.2) is 6.33 Å². The van der Waals surface area contributed by atoms with Crippen LogP contribution in [0.25, 0.3) is 0 Å². The van der Waals surface area contributed by atoms with Crippen LogP contribution in [-0.2, 0) is 16.1 Å². The summed E-state index contributed by atoms with van der Waals surface area (Å²) >= 11 is 0. The van der Waals surface area contributed by atoms with Gasteiger partial charge in [-0.25, -0.2) is 4.98 Å². The smallest absolute Gasteiger partial charge is 0.324 e. The number of hydrogen-bond acceptors (Lipinski definition) is 4. The molecule has 1 atom stereocenters. The minimum atomic E-state index is -0.313. The number of methoxy groups -OCH3 is 1. The largest absolute Gasteiger partial charge is 0.468 e. The highest BCUT2D eigenvalue weighted by Gasteiger charge is 2.19. The first kappa shape index (κ1) is 13.7. The fraction of sp³-hybridized carbons (Fsp3) is 0.667. The highest BCUT2D eigenvalue weighted by molar-refractivity contribution is 5.75. The third-order valence-electron chi connectivity index (χ3n) is 2.85. The lowest BCUT2D eigenvalue weighted by molar-refractivity contribution is -0.143. The van der Waals surface area contributed by atoms with E-state index in [9.17, 15) is 4.79 Å². The quantitative estimate of drug-likeness (QED) is 0.754. The molecule has 0 aromatic carbocycles. The molecule has 0 fully saturated rings. The molecule has 0 spiro atoms. The number of rotatable bonds is 6. The Labute approximate surface area is 102 Å². The number of hydrogen-bond donors (Lipinski definition) is 1. The van der Waals surface area contributed by atoms with Crippen molar-refractivity contribution < 1.29 is 9.53 Å². The minimum absolute atomic E-state index is 0.232. The number of imidazole rings is 1. The van der Waals surface area contributed by atoms with E-state index in [0.717, 1.165) is 24.4 Å². The Bertz CT molecular complexity index is 374. The molecule has 5 heteroatoms. The van der Waals surface area contributed by atoms with Gasteiger partial charge < -0.3 is 14.6 Å². The monoisotopic (exact) mass is 239 g/mol. The second-order valence-electron chi connectivity index (χ2n) is 4.10. The number of aromatic nitrogens is 2. The van der Waals surface area contributed by atoms with E-state index in [1.54, 1.807) is 6.33 Å². The van der Waals surface area contributed by atoms with E-state index < -0.39 is 0 Å². The lowest BCUT2D eigenvalue weighted by atomic mass is 10.2. The number of carbonyl (C=O) groups is 1. The lowest BCUT2D eigenvalue weighted by Gasteiger charge is -2.17. The number of aryl methyl sites for hydroxylation is 1. The van der Waals surface area contributed by atoms with Crippen molar-refractivity contribution in [3.05, 3.63) is 17.7 Å². The lowest BCUT2D eigenvalue weighted by Crippen LogP contribution is -2.41. The van der Waals surface area contributed by atoms with Crippen LogP contribution >= 0.6 is 0 Å². The summed E-state index contributed by atoms with van der Waals surface area (Å²) in [6, 6.07) is -0.313. The van der Waals surface area contributed by atoms with Crippen molar-refractivity contribution in [3.8, 4) is 0 Å². The molecule has 1 unspecified atom stereocenters. The summed E-state index contributed by atoms with van der Waals surface area (Å²) in [5.74, 6) is -0.232. The number of ether oxygens (including phenoxy) is 1. The van der Waals surface area contributed by atoms with Gasteiger partial charge in [0.2, 0.25) is 0 Å². The van der Waals surface area contributed by atoms with Gasteiger partial charge in [0.15, 0.2) is 0 Å². The molecular weight excluding hydrogens is 218 g/mol. The first-order valence-electron chi connectivity index (χ1n) is 5.89. The van der Waals surface area contributed by atoms with Crippen molar-refractivity contribution in [3.63, 3.8) is 0 Å². The molecule has 0 aliphatic carbocycles. The van der Waals surface area contributed by atoms with Crippen LogP contribution in [0.3, 0.4) is 0 Å². The fourth-order valence-electron chi connectivity index (χ4n) is 1.61. The van der Waals surface area contributed by atoms with Crippen molar-refractivity contribution in [2.24, 2.45) is 0 Å². The number of esters is 1. The van der Waals surface area contributed by atoms with Gasteiger partial charge in [0, 0.05) is 12.2 Å². The predicted octanol–water partition coefficient (Wildman–Crippen LogP) is 1.04. The molecule has 0 amide bonds. The molecule has 0 bridgehead atoms. The van der Waals surface area contributed by atoms with Gasteiger partial charge in [0.1, 0.15) is 6.04 Å². The molecule has 1 N–H and O–H groups in total.